The molecule has 0 saturated carbocycles. The Morgan fingerprint density at radius 1 is 0.702 bits per heavy atom. The molecule has 5 rings (SSSR count). The second-order valence-electron chi connectivity index (χ2n) is 17.7. The molecule has 3 aromatic carbocycles. The van der Waals surface area contributed by atoms with Gasteiger partial charge in [0.2, 0.25) is 5.89 Å². The summed E-state index contributed by atoms with van der Waals surface area (Å²) in [7, 11) is -3.27. The Hall–Kier alpha value is -3.49. The van der Waals surface area contributed by atoms with Crippen LogP contribution in [0.25, 0.3) is 44.9 Å². The van der Waals surface area contributed by atoms with Gasteiger partial charge < -0.3 is 9.52 Å². The molecule has 2 aromatic heterocycles. The van der Waals surface area contributed by atoms with Crippen LogP contribution in [0.15, 0.2) is 65.2 Å². The standard InChI is InChI=1S/C41H54N2O2Si2/c1-25(2)26-17-27(19-28(18-26)35-23-30(15-16-42-35)46(9,10)11)32-22-31(47(12,13)14)24-36-37(32)43-39(45-36)33-20-29(40(3,4)5)21-34(38(33)44)41(6,7)8/h15-25,44H,1-14H3. The average Bonchev–Trinajstić information content (AvgIpc) is 3.38. The third-order valence-electron chi connectivity index (χ3n) is 9.23. The zero-order valence-electron chi connectivity index (χ0n) is 31.1. The molecule has 0 fully saturated rings. The van der Waals surface area contributed by atoms with Crippen LogP contribution < -0.4 is 10.4 Å². The number of nitrogens with zero attached hydrogens (tertiary/aromatic N) is 2. The Labute approximate surface area is 284 Å². The first kappa shape index (κ1) is 34.8. The van der Waals surface area contributed by atoms with Gasteiger partial charge in [0.1, 0.15) is 11.3 Å². The molecule has 0 bridgehead atoms. The maximum atomic E-state index is 11.7. The fourth-order valence-corrected chi connectivity index (χ4v) is 8.23. The Balaban J connectivity index is 1.81. The van der Waals surface area contributed by atoms with Crippen molar-refractivity contribution in [2.24, 2.45) is 0 Å². The van der Waals surface area contributed by atoms with Gasteiger partial charge in [-0.25, -0.2) is 4.98 Å². The molecule has 0 aliphatic heterocycles. The second-order valence-corrected chi connectivity index (χ2v) is 27.9. The van der Waals surface area contributed by atoms with Gasteiger partial charge in [-0.2, -0.15) is 0 Å². The third kappa shape index (κ3) is 7.19. The monoisotopic (exact) mass is 662 g/mol. The Kier molecular flexibility index (Phi) is 8.81. The summed E-state index contributed by atoms with van der Waals surface area (Å²) in [6.07, 6.45) is 1.96. The molecule has 248 valence electrons. The predicted molar refractivity (Wildman–Crippen MR) is 207 cm³/mol. The van der Waals surface area contributed by atoms with E-state index in [2.05, 4.69) is 149 Å². The minimum absolute atomic E-state index is 0.112. The van der Waals surface area contributed by atoms with E-state index in [1.54, 1.807) is 0 Å². The molecule has 0 amide bonds. The number of pyridine rings is 1. The van der Waals surface area contributed by atoms with E-state index < -0.39 is 16.1 Å². The SMILES string of the molecule is CC(C)c1cc(-c2cc([Si](C)(C)C)ccn2)cc(-c2cc([Si](C)(C)C)cc3oc(-c4cc(C(C)(C)C)cc(C(C)(C)C)c4O)nc23)c1. The van der Waals surface area contributed by atoms with Crippen LogP contribution in [-0.2, 0) is 10.8 Å². The van der Waals surface area contributed by atoms with Crippen molar-refractivity contribution in [2.45, 2.75) is 111 Å². The number of oxazole rings is 1. The Morgan fingerprint density at radius 2 is 1.34 bits per heavy atom. The summed E-state index contributed by atoms with van der Waals surface area (Å²) in [6, 6.07) is 20.1. The highest BCUT2D eigenvalue weighted by molar-refractivity contribution is 6.89. The van der Waals surface area contributed by atoms with Crippen molar-refractivity contribution < 1.29 is 9.52 Å². The molecule has 4 nitrogen and oxygen atoms in total. The fourth-order valence-electron chi connectivity index (χ4n) is 5.94. The van der Waals surface area contributed by atoms with E-state index in [0.717, 1.165) is 44.6 Å². The molecule has 0 aliphatic carbocycles. The van der Waals surface area contributed by atoms with Crippen molar-refractivity contribution in [3.63, 3.8) is 0 Å². The van der Waals surface area contributed by atoms with Crippen LogP contribution in [0, 0.1) is 0 Å². The number of hydrogen-bond donors (Lipinski definition) is 1. The summed E-state index contributed by atoms with van der Waals surface area (Å²) in [4.78, 5) is 10.0. The van der Waals surface area contributed by atoms with Crippen molar-refractivity contribution in [1.82, 2.24) is 9.97 Å². The lowest BCUT2D eigenvalue weighted by atomic mass is 9.79. The Morgan fingerprint density at radius 3 is 1.91 bits per heavy atom. The highest BCUT2D eigenvalue weighted by Crippen LogP contribution is 2.43. The van der Waals surface area contributed by atoms with Crippen LogP contribution in [0.3, 0.4) is 0 Å². The van der Waals surface area contributed by atoms with E-state index in [1.165, 1.54) is 15.9 Å². The number of aromatic hydroxyl groups is 1. The van der Waals surface area contributed by atoms with Crippen molar-refractivity contribution >= 4 is 37.6 Å². The van der Waals surface area contributed by atoms with Gasteiger partial charge in [-0.15, -0.1) is 0 Å². The van der Waals surface area contributed by atoms with Gasteiger partial charge in [0, 0.05) is 22.9 Å². The second kappa shape index (κ2) is 11.9. The highest BCUT2D eigenvalue weighted by Gasteiger charge is 2.29. The smallest absolute Gasteiger partial charge is 0.231 e. The molecule has 0 atom stereocenters. The van der Waals surface area contributed by atoms with Crippen LogP contribution in [0.1, 0.15) is 78.0 Å². The number of benzene rings is 3. The van der Waals surface area contributed by atoms with Crippen molar-refractivity contribution in [3.8, 4) is 39.6 Å². The lowest BCUT2D eigenvalue weighted by Crippen LogP contribution is -2.37. The maximum Gasteiger partial charge on any atom is 0.231 e. The van der Waals surface area contributed by atoms with Gasteiger partial charge >= 0.3 is 0 Å². The van der Waals surface area contributed by atoms with Crippen molar-refractivity contribution in [1.29, 1.82) is 0 Å². The summed E-state index contributed by atoms with van der Waals surface area (Å²) in [5.41, 5.74) is 9.44. The number of hydrogen-bond acceptors (Lipinski definition) is 4. The molecule has 0 unspecified atom stereocenters. The summed E-state index contributed by atoms with van der Waals surface area (Å²) in [6.45, 7) is 31.7. The number of fused-ring (bicyclic) bond motifs is 1. The largest absolute Gasteiger partial charge is 0.507 e. The summed E-state index contributed by atoms with van der Waals surface area (Å²) < 4.78 is 6.66. The van der Waals surface area contributed by atoms with Crippen molar-refractivity contribution in [3.05, 3.63) is 77.5 Å². The van der Waals surface area contributed by atoms with Crippen LogP contribution >= 0.6 is 0 Å². The molecule has 47 heavy (non-hydrogen) atoms. The zero-order valence-corrected chi connectivity index (χ0v) is 33.1. The summed E-state index contributed by atoms with van der Waals surface area (Å²) >= 11 is 0. The quantitative estimate of drug-likeness (QED) is 0.184. The van der Waals surface area contributed by atoms with Gasteiger partial charge in [-0.3, -0.25) is 4.98 Å². The third-order valence-corrected chi connectivity index (χ3v) is 13.3. The van der Waals surface area contributed by atoms with Crippen LogP contribution in [0.2, 0.25) is 39.3 Å². The molecule has 6 heteroatoms. The van der Waals surface area contributed by atoms with E-state index in [0.29, 0.717) is 17.4 Å². The molecule has 0 spiro atoms. The number of phenols is 1. The lowest BCUT2D eigenvalue weighted by molar-refractivity contribution is 0.444. The molecule has 0 saturated heterocycles. The fraction of sp³-hybridized carbons (Fsp3) is 0.415. The summed E-state index contributed by atoms with van der Waals surface area (Å²) in [5, 5.41) is 14.4. The number of aromatic nitrogens is 2. The van der Waals surface area contributed by atoms with Crippen LogP contribution in [0.4, 0.5) is 0 Å². The van der Waals surface area contributed by atoms with Crippen LogP contribution in [0.5, 0.6) is 5.75 Å². The zero-order chi connectivity index (χ0) is 34.9. The normalized spacial score (nSPS) is 13.2. The highest BCUT2D eigenvalue weighted by atomic mass is 28.3. The Bertz CT molecular complexity index is 1960. The first-order chi connectivity index (χ1) is 21.5. The maximum absolute atomic E-state index is 11.7. The molecule has 2 heterocycles. The molecule has 0 radical (unpaired) electrons. The first-order valence-electron chi connectivity index (χ1n) is 17.0. The molecular formula is C41H54N2O2Si2. The van der Waals surface area contributed by atoms with E-state index in [4.69, 9.17) is 14.4 Å². The van der Waals surface area contributed by atoms with E-state index >= 15 is 0 Å². The van der Waals surface area contributed by atoms with Gasteiger partial charge in [-0.1, -0.05) is 123 Å². The molecular weight excluding hydrogens is 609 g/mol. The minimum atomic E-state index is -1.75. The lowest BCUT2D eigenvalue weighted by Gasteiger charge is -2.27. The molecule has 0 aliphatic rings. The number of rotatable bonds is 6. The van der Waals surface area contributed by atoms with E-state index in [9.17, 15) is 5.11 Å². The molecule has 1 N–H and O–H groups in total. The average molecular weight is 663 g/mol. The predicted octanol–water partition coefficient (Wildman–Crippen LogP) is 10.7. The van der Waals surface area contributed by atoms with Gasteiger partial charge in [0.15, 0.2) is 5.58 Å². The summed E-state index contributed by atoms with van der Waals surface area (Å²) in [5.74, 6) is 1.03. The van der Waals surface area contributed by atoms with Crippen molar-refractivity contribution in [2.75, 3.05) is 0 Å². The minimum Gasteiger partial charge on any atom is -0.507 e. The molecule has 5 aromatic rings. The first-order valence-corrected chi connectivity index (χ1v) is 24.0. The van der Waals surface area contributed by atoms with Crippen LogP contribution in [-0.4, -0.2) is 31.2 Å². The van der Waals surface area contributed by atoms with E-state index in [-0.39, 0.29) is 16.6 Å². The van der Waals surface area contributed by atoms with E-state index in [1.807, 2.05) is 6.20 Å². The van der Waals surface area contributed by atoms with Gasteiger partial charge in [0.25, 0.3) is 0 Å². The van der Waals surface area contributed by atoms with Gasteiger partial charge in [0.05, 0.1) is 27.4 Å². The topological polar surface area (TPSA) is 59.2 Å². The number of phenolic OH excluding ortho intramolecular Hbond substituents is 1. The van der Waals surface area contributed by atoms with Gasteiger partial charge in [-0.05, 0) is 69.8 Å².